The number of benzene rings is 2. The summed E-state index contributed by atoms with van der Waals surface area (Å²) < 4.78 is 27.5. The number of anilines is 2. The third-order valence-electron chi connectivity index (χ3n) is 4.20. The van der Waals surface area contributed by atoms with Crippen LogP contribution < -0.4 is 9.62 Å². The number of hydrogen-bond acceptors (Lipinski definition) is 4. The van der Waals surface area contributed by atoms with Gasteiger partial charge in [0, 0.05) is 6.20 Å². The zero-order chi connectivity index (χ0) is 20.0. The predicted octanol–water partition coefficient (Wildman–Crippen LogP) is 3.48. The molecule has 0 unspecified atom stereocenters. The number of carbonyl (C=O) groups excluding carboxylic acids is 1. The van der Waals surface area contributed by atoms with E-state index in [1.54, 1.807) is 48.7 Å². The molecular weight excluding hydrogens is 374 g/mol. The molecular formula is C21H21N3O3S. The van der Waals surface area contributed by atoms with Crippen molar-refractivity contribution < 1.29 is 13.2 Å². The Hall–Kier alpha value is -3.19. The van der Waals surface area contributed by atoms with Gasteiger partial charge >= 0.3 is 0 Å². The predicted molar refractivity (Wildman–Crippen MR) is 110 cm³/mol. The molecule has 3 rings (SSSR count). The van der Waals surface area contributed by atoms with E-state index >= 15 is 0 Å². The zero-order valence-electron chi connectivity index (χ0n) is 15.4. The highest BCUT2D eigenvalue weighted by Gasteiger charge is 2.27. The SMILES string of the molecule is CCc1ccc(N(CC(=O)Nc2cccnc2)S(=O)(=O)c2ccccc2)cc1. The molecule has 0 saturated carbocycles. The summed E-state index contributed by atoms with van der Waals surface area (Å²) in [7, 11) is -3.90. The zero-order valence-corrected chi connectivity index (χ0v) is 16.3. The molecule has 1 N–H and O–H groups in total. The molecule has 6 nitrogen and oxygen atoms in total. The Morgan fingerprint density at radius 1 is 1.00 bits per heavy atom. The molecule has 0 atom stereocenters. The second-order valence-electron chi connectivity index (χ2n) is 6.13. The molecule has 3 aromatic rings. The molecule has 1 amide bonds. The molecule has 0 aliphatic heterocycles. The molecule has 1 aromatic heterocycles. The van der Waals surface area contributed by atoms with Gasteiger partial charge in [-0.2, -0.15) is 0 Å². The summed E-state index contributed by atoms with van der Waals surface area (Å²) in [5, 5.41) is 2.68. The van der Waals surface area contributed by atoms with Gasteiger partial charge in [-0.25, -0.2) is 8.42 Å². The van der Waals surface area contributed by atoms with Crippen molar-refractivity contribution in [1.82, 2.24) is 4.98 Å². The number of amides is 1. The van der Waals surface area contributed by atoms with Crippen molar-refractivity contribution >= 4 is 27.3 Å². The number of nitrogens with one attached hydrogen (secondary N) is 1. The molecule has 7 heteroatoms. The Labute approximate surface area is 164 Å². The van der Waals surface area contributed by atoms with Crippen LogP contribution in [0.25, 0.3) is 0 Å². The molecule has 0 fully saturated rings. The summed E-state index contributed by atoms with van der Waals surface area (Å²) in [6.07, 6.45) is 3.94. The van der Waals surface area contributed by atoms with Crippen LogP contribution in [-0.2, 0) is 21.2 Å². The lowest BCUT2D eigenvalue weighted by Gasteiger charge is -2.24. The molecule has 0 aliphatic carbocycles. The van der Waals surface area contributed by atoms with Crippen LogP contribution in [-0.4, -0.2) is 25.9 Å². The number of rotatable bonds is 7. The Morgan fingerprint density at radius 3 is 2.32 bits per heavy atom. The number of pyridine rings is 1. The summed E-state index contributed by atoms with van der Waals surface area (Å²) >= 11 is 0. The van der Waals surface area contributed by atoms with Crippen LogP contribution in [0.1, 0.15) is 12.5 Å². The summed E-state index contributed by atoms with van der Waals surface area (Å²) in [5.74, 6) is -0.452. The van der Waals surface area contributed by atoms with Gasteiger partial charge in [-0.05, 0) is 48.4 Å². The number of sulfonamides is 1. The first kappa shape index (κ1) is 19.6. The normalized spacial score (nSPS) is 11.0. The smallest absolute Gasteiger partial charge is 0.264 e. The minimum atomic E-state index is -3.90. The minimum absolute atomic E-state index is 0.128. The lowest BCUT2D eigenvalue weighted by Crippen LogP contribution is -2.38. The highest BCUT2D eigenvalue weighted by Crippen LogP contribution is 2.24. The first-order valence-electron chi connectivity index (χ1n) is 8.87. The van der Waals surface area contributed by atoms with Gasteiger partial charge < -0.3 is 5.32 Å². The molecule has 144 valence electrons. The van der Waals surface area contributed by atoms with Crippen LogP contribution >= 0.6 is 0 Å². The van der Waals surface area contributed by atoms with Crippen LogP contribution in [0, 0.1) is 0 Å². The van der Waals surface area contributed by atoms with Crippen molar-refractivity contribution in [3.63, 3.8) is 0 Å². The first-order chi connectivity index (χ1) is 13.5. The van der Waals surface area contributed by atoms with Crippen LogP contribution in [0.3, 0.4) is 0 Å². The molecule has 2 aromatic carbocycles. The van der Waals surface area contributed by atoms with Crippen molar-refractivity contribution in [2.75, 3.05) is 16.2 Å². The van der Waals surface area contributed by atoms with E-state index in [0.717, 1.165) is 16.3 Å². The largest absolute Gasteiger partial charge is 0.323 e. The Bertz CT molecular complexity index is 1020. The molecule has 0 saturated heterocycles. The minimum Gasteiger partial charge on any atom is -0.323 e. The number of hydrogen-bond donors (Lipinski definition) is 1. The first-order valence-corrected chi connectivity index (χ1v) is 10.3. The standard InChI is InChI=1S/C21H21N3O3S/c1-2-17-10-12-19(13-11-17)24(28(26,27)20-8-4-3-5-9-20)16-21(25)23-18-7-6-14-22-15-18/h3-15H,2,16H2,1H3,(H,23,25). The van der Waals surface area contributed by atoms with E-state index in [9.17, 15) is 13.2 Å². The summed E-state index contributed by atoms with van der Waals surface area (Å²) in [5.41, 5.74) is 2.02. The van der Waals surface area contributed by atoms with Crippen LogP contribution in [0.5, 0.6) is 0 Å². The third-order valence-corrected chi connectivity index (χ3v) is 5.98. The number of nitrogens with zero attached hydrogens (tertiary/aromatic N) is 2. The molecule has 0 aliphatic rings. The van der Waals surface area contributed by atoms with Gasteiger partial charge in [-0.1, -0.05) is 37.3 Å². The van der Waals surface area contributed by atoms with Gasteiger partial charge in [-0.15, -0.1) is 0 Å². The van der Waals surface area contributed by atoms with E-state index in [4.69, 9.17) is 0 Å². The lowest BCUT2D eigenvalue weighted by atomic mass is 10.1. The van der Waals surface area contributed by atoms with Crippen molar-refractivity contribution in [1.29, 1.82) is 0 Å². The number of aromatic nitrogens is 1. The number of aryl methyl sites for hydroxylation is 1. The van der Waals surface area contributed by atoms with Crippen LogP contribution in [0.2, 0.25) is 0 Å². The molecule has 0 radical (unpaired) electrons. The van der Waals surface area contributed by atoms with Gasteiger partial charge in [0.15, 0.2) is 0 Å². The lowest BCUT2D eigenvalue weighted by molar-refractivity contribution is -0.114. The topological polar surface area (TPSA) is 79.4 Å². The molecule has 0 spiro atoms. The fourth-order valence-corrected chi connectivity index (χ4v) is 4.14. The van der Waals surface area contributed by atoms with E-state index in [0.29, 0.717) is 11.4 Å². The van der Waals surface area contributed by atoms with Gasteiger partial charge in [0.2, 0.25) is 5.91 Å². The van der Waals surface area contributed by atoms with Crippen molar-refractivity contribution in [2.24, 2.45) is 0 Å². The Kier molecular flexibility index (Phi) is 6.06. The van der Waals surface area contributed by atoms with E-state index < -0.39 is 15.9 Å². The van der Waals surface area contributed by atoms with E-state index in [1.165, 1.54) is 18.3 Å². The maximum atomic E-state index is 13.2. The summed E-state index contributed by atoms with van der Waals surface area (Å²) in [4.78, 5) is 16.6. The van der Waals surface area contributed by atoms with Gasteiger partial charge in [0.25, 0.3) is 10.0 Å². The number of carbonyl (C=O) groups is 1. The van der Waals surface area contributed by atoms with Crippen molar-refractivity contribution in [3.8, 4) is 0 Å². The monoisotopic (exact) mass is 395 g/mol. The van der Waals surface area contributed by atoms with Gasteiger partial charge in [0.1, 0.15) is 6.54 Å². The maximum Gasteiger partial charge on any atom is 0.264 e. The average molecular weight is 395 g/mol. The van der Waals surface area contributed by atoms with Crippen LogP contribution in [0.15, 0.2) is 84.0 Å². The summed E-state index contributed by atoms with van der Waals surface area (Å²) in [6.45, 7) is 1.67. The van der Waals surface area contributed by atoms with Crippen LogP contribution in [0.4, 0.5) is 11.4 Å². The quantitative estimate of drug-likeness (QED) is 0.664. The van der Waals surface area contributed by atoms with Crippen molar-refractivity contribution in [3.05, 3.63) is 84.7 Å². The second-order valence-corrected chi connectivity index (χ2v) is 8.00. The van der Waals surface area contributed by atoms with E-state index in [-0.39, 0.29) is 11.4 Å². The summed E-state index contributed by atoms with van der Waals surface area (Å²) in [6, 6.07) is 18.6. The van der Waals surface area contributed by atoms with Gasteiger partial charge in [-0.3, -0.25) is 14.1 Å². The fourth-order valence-electron chi connectivity index (χ4n) is 2.70. The third kappa shape index (κ3) is 4.55. The molecule has 1 heterocycles. The second kappa shape index (κ2) is 8.67. The average Bonchev–Trinajstić information content (AvgIpc) is 2.73. The van der Waals surface area contributed by atoms with E-state index in [2.05, 4.69) is 10.3 Å². The molecule has 0 bridgehead atoms. The highest BCUT2D eigenvalue weighted by atomic mass is 32.2. The van der Waals surface area contributed by atoms with Gasteiger partial charge in [0.05, 0.1) is 22.5 Å². The maximum absolute atomic E-state index is 13.2. The molecule has 28 heavy (non-hydrogen) atoms. The highest BCUT2D eigenvalue weighted by molar-refractivity contribution is 7.92. The Balaban J connectivity index is 1.93. The Morgan fingerprint density at radius 2 is 1.71 bits per heavy atom. The fraction of sp³-hybridized carbons (Fsp3) is 0.143. The van der Waals surface area contributed by atoms with Crippen molar-refractivity contribution in [2.45, 2.75) is 18.2 Å². The van der Waals surface area contributed by atoms with E-state index in [1.807, 2.05) is 19.1 Å².